The molecule has 6 aromatic rings. The van der Waals surface area contributed by atoms with Crippen molar-refractivity contribution >= 4 is 26.7 Å². The zero-order valence-electron chi connectivity index (χ0n) is 24.5. The maximum atomic E-state index is 14.2. The smallest absolute Gasteiger partial charge is 0.270 e. The molecule has 0 aliphatic heterocycles. The highest BCUT2D eigenvalue weighted by Gasteiger charge is 2.27. The number of nitro benzene ring substituents is 1. The molecule has 0 bridgehead atoms. The van der Waals surface area contributed by atoms with Gasteiger partial charge in [-0.25, -0.2) is 17.4 Å². The fourth-order valence-corrected chi connectivity index (χ4v) is 6.86. The number of rotatable bonds is 9. The summed E-state index contributed by atoms with van der Waals surface area (Å²) in [5, 5.41) is 16.9. The highest BCUT2D eigenvalue weighted by Crippen LogP contribution is 2.40. The van der Waals surface area contributed by atoms with E-state index < -0.39 is 14.9 Å². The maximum Gasteiger partial charge on any atom is 0.270 e. The number of benzene rings is 3. The third-order valence-electron chi connectivity index (χ3n) is 7.40. The van der Waals surface area contributed by atoms with Gasteiger partial charge in [0.05, 0.1) is 15.5 Å². The Morgan fingerprint density at radius 3 is 2.32 bits per heavy atom. The van der Waals surface area contributed by atoms with Gasteiger partial charge < -0.3 is 4.90 Å². The fraction of sp³-hybridized carbons (Fsp3) is 0.152. The lowest BCUT2D eigenvalue weighted by atomic mass is 9.99. The Labute approximate surface area is 255 Å². The van der Waals surface area contributed by atoms with Crippen molar-refractivity contribution in [3.05, 3.63) is 119 Å². The van der Waals surface area contributed by atoms with Crippen LogP contribution in [0.25, 0.3) is 44.7 Å². The minimum absolute atomic E-state index is 0.0421. The molecule has 0 radical (unpaired) electrons. The molecular formula is C33H30N6O4S. The van der Waals surface area contributed by atoms with E-state index in [4.69, 9.17) is 5.10 Å². The lowest BCUT2D eigenvalue weighted by molar-refractivity contribution is -0.384. The molecule has 222 valence electrons. The zero-order chi connectivity index (χ0) is 31.0. The largest absolute Gasteiger partial charge is 0.305 e. The predicted octanol–water partition coefficient (Wildman–Crippen LogP) is 6.46. The third-order valence-corrected chi connectivity index (χ3v) is 9.12. The molecule has 0 aliphatic rings. The van der Waals surface area contributed by atoms with E-state index >= 15 is 0 Å². The number of non-ortho nitro benzene ring substituents is 1. The van der Waals surface area contributed by atoms with Crippen molar-refractivity contribution in [2.24, 2.45) is 0 Å². The Kier molecular flexibility index (Phi) is 7.58. The van der Waals surface area contributed by atoms with Gasteiger partial charge in [-0.2, -0.15) is 5.10 Å². The molecule has 3 heterocycles. The molecule has 11 heteroatoms. The summed E-state index contributed by atoms with van der Waals surface area (Å²) in [5.41, 5.74) is 5.08. The average Bonchev–Trinajstić information content (AvgIpc) is 3.64. The summed E-state index contributed by atoms with van der Waals surface area (Å²) in [6, 6.07) is 26.1. The van der Waals surface area contributed by atoms with Gasteiger partial charge >= 0.3 is 0 Å². The topological polar surface area (TPSA) is 116 Å². The molecular weight excluding hydrogens is 576 g/mol. The number of aromatic nitrogens is 4. The SMILES string of the molecule is CCn1cc(-c2ccnc3c2cc(-c2ccc(CN(C)C)cc2)n3S(=O)(=O)c2ccccc2)c(-c2cccc([N+](=O)[O-])c2)n1. The van der Waals surface area contributed by atoms with Crippen LogP contribution in [0.2, 0.25) is 0 Å². The summed E-state index contributed by atoms with van der Waals surface area (Å²) in [7, 11) is -0.0678. The first-order valence-corrected chi connectivity index (χ1v) is 15.5. The fourth-order valence-electron chi connectivity index (χ4n) is 5.36. The molecule has 10 nitrogen and oxygen atoms in total. The van der Waals surface area contributed by atoms with Crippen LogP contribution in [0.4, 0.5) is 5.69 Å². The molecule has 0 atom stereocenters. The van der Waals surface area contributed by atoms with Crippen LogP contribution in [0, 0.1) is 10.1 Å². The molecule has 3 aromatic carbocycles. The van der Waals surface area contributed by atoms with Gasteiger partial charge in [-0.15, -0.1) is 0 Å². The van der Waals surface area contributed by atoms with Crippen LogP contribution in [0.1, 0.15) is 12.5 Å². The molecule has 0 N–H and O–H groups in total. The first kappa shape index (κ1) is 29.0. The lowest BCUT2D eigenvalue weighted by Crippen LogP contribution is -2.14. The zero-order valence-corrected chi connectivity index (χ0v) is 25.3. The van der Waals surface area contributed by atoms with Crippen LogP contribution in [-0.4, -0.2) is 51.1 Å². The Hall–Kier alpha value is -5.13. The molecule has 0 unspecified atom stereocenters. The van der Waals surface area contributed by atoms with Crippen LogP contribution in [0.3, 0.4) is 0 Å². The number of fused-ring (bicyclic) bond motifs is 1. The van der Waals surface area contributed by atoms with E-state index in [1.165, 1.54) is 16.1 Å². The first-order valence-electron chi connectivity index (χ1n) is 14.0. The minimum Gasteiger partial charge on any atom is -0.305 e. The van der Waals surface area contributed by atoms with Gasteiger partial charge in [0.25, 0.3) is 15.7 Å². The quantitative estimate of drug-likeness (QED) is 0.137. The monoisotopic (exact) mass is 606 g/mol. The van der Waals surface area contributed by atoms with Crippen molar-refractivity contribution in [3.63, 3.8) is 0 Å². The molecule has 0 fully saturated rings. The summed E-state index contributed by atoms with van der Waals surface area (Å²) >= 11 is 0. The predicted molar refractivity (Wildman–Crippen MR) is 171 cm³/mol. The van der Waals surface area contributed by atoms with E-state index in [1.54, 1.807) is 53.3 Å². The number of hydrogen-bond donors (Lipinski definition) is 0. The standard InChI is InChI=1S/C33H30N6O4S/c1-4-37-22-30(32(35-37)25-9-8-10-26(19-25)39(40)41)28-17-18-34-33-29(28)20-31(24-15-13-23(14-16-24)21-36(2)3)38(33)44(42,43)27-11-6-5-7-12-27/h5-20,22H,4,21H2,1-3H3. The number of hydrogen-bond acceptors (Lipinski definition) is 7. The van der Waals surface area contributed by atoms with Crippen LogP contribution in [-0.2, 0) is 23.1 Å². The van der Waals surface area contributed by atoms with Crippen LogP contribution in [0.15, 0.2) is 108 Å². The second-order valence-electron chi connectivity index (χ2n) is 10.7. The molecule has 44 heavy (non-hydrogen) atoms. The van der Waals surface area contributed by atoms with Gasteiger partial charge in [-0.1, -0.05) is 54.6 Å². The van der Waals surface area contributed by atoms with Crippen molar-refractivity contribution in [2.45, 2.75) is 24.9 Å². The van der Waals surface area contributed by atoms with E-state index in [1.807, 2.05) is 63.6 Å². The Morgan fingerprint density at radius 1 is 0.886 bits per heavy atom. The van der Waals surface area contributed by atoms with E-state index in [0.717, 1.165) is 17.7 Å². The van der Waals surface area contributed by atoms with Gasteiger partial charge in [-0.05, 0) is 62.0 Å². The maximum absolute atomic E-state index is 14.2. The third kappa shape index (κ3) is 5.27. The summed E-state index contributed by atoms with van der Waals surface area (Å²) in [4.78, 5) is 17.9. The van der Waals surface area contributed by atoms with Crippen molar-refractivity contribution in [3.8, 4) is 33.6 Å². The minimum atomic E-state index is -4.06. The molecule has 3 aromatic heterocycles. The summed E-state index contributed by atoms with van der Waals surface area (Å²) in [6.07, 6.45) is 3.46. The number of aryl methyl sites for hydroxylation is 1. The number of nitrogens with zero attached hydrogens (tertiary/aromatic N) is 6. The van der Waals surface area contributed by atoms with Crippen molar-refractivity contribution in [2.75, 3.05) is 14.1 Å². The van der Waals surface area contributed by atoms with Gasteiger partial charge in [0.2, 0.25) is 0 Å². The van der Waals surface area contributed by atoms with Gasteiger partial charge in [-0.3, -0.25) is 14.8 Å². The van der Waals surface area contributed by atoms with Crippen LogP contribution in [0.5, 0.6) is 0 Å². The highest BCUT2D eigenvalue weighted by molar-refractivity contribution is 7.90. The second-order valence-corrected chi connectivity index (χ2v) is 12.5. The normalized spacial score (nSPS) is 11.8. The van der Waals surface area contributed by atoms with E-state index in [-0.39, 0.29) is 16.2 Å². The Bertz CT molecular complexity index is 2100. The number of nitro groups is 1. The van der Waals surface area contributed by atoms with E-state index in [9.17, 15) is 18.5 Å². The highest BCUT2D eigenvalue weighted by atomic mass is 32.2. The Morgan fingerprint density at radius 2 is 1.64 bits per heavy atom. The molecule has 0 saturated carbocycles. The molecule has 0 spiro atoms. The lowest BCUT2D eigenvalue weighted by Gasteiger charge is -2.13. The molecule has 6 rings (SSSR count). The number of pyridine rings is 1. The molecule has 0 aliphatic carbocycles. The van der Waals surface area contributed by atoms with E-state index in [0.29, 0.717) is 40.0 Å². The summed E-state index contributed by atoms with van der Waals surface area (Å²) < 4.78 is 31.5. The van der Waals surface area contributed by atoms with Gasteiger partial charge in [0, 0.05) is 54.1 Å². The van der Waals surface area contributed by atoms with Crippen molar-refractivity contribution in [1.82, 2.24) is 23.6 Å². The second kappa shape index (κ2) is 11.5. The summed E-state index contributed by atoms with van der Waals surface area (Å²) in [5.74, 6) is 0. The molecule has 0 saturated heterocycles. The van der Waals surface area contributed by atoms with Crippen LogP contribution >= 0.6 is 0 Å². The average molecular weight is 607 g/mol. The van der Waals surface area contributed by atoms with Crippen molar-refractivity contribution < 1.29 is 13.3 Å². The first-order chi connectivity index (χ1) is 21.2. The van der Waals surface area contributed by atoms with Crippen LogP contribution < -0.4 is 0 Å². The van der Waals surface area contributed by atoms with Gasteiger partial charge in [0.15, 0.2) is 5.65 Å². The van der Waals surface area contributed by atoms with Gasteiger partial charge in [0.1, 0.15) is 5.69 Å². The Balaban J connectivity index is 1.62. The van der Waals surface area contributed by atoms with Crippen molar-refractivity contribution in [1.29, 1.82) is 0 Å². The molecule has 0 amide bonds. The van der Waals surface area contributed by atoms with E-state index in [2.05, 4.69) is 9.88 Å². The summed E-state index contributed by atoms with van der Waals surface area (Å²) in [6.45, 7) is 3.28.